The molecule has 1 fully saturated rings. The number of nitrogens with zero attached hydrogens (tertiary/aromatic N) is 1. The Hall–Kier alpha value is -2.47. The molecule has 0 spiro atoms. The summed E-state index contributed by atoms with van der Waals surface area (Å²) in [6, 6.07) is 6.41. The van der Waals surface area contributed by atoms with Crippen molar-refractivity contribution >= 4 is 27.7 Å². The Kier molecular flexibility index (Phi) is 3.46. The fourth-order valence-corrected chi connectivity index (χ4v) is 3.18. The number of rotatable bonds is 3. The van der Waals surface area contributed by atoms with Crippen LogP contribution in [0.1, 0.15) is 16.9 Å². The standard InChI is InChI=1S/C17H17FN4O/c18-11-1-2-12-13-4-6-20-16(15(13)22-14(12)7-11)17(23)21-9-10-3-5-19-8-10/h1-2,4,6-7,10,19,22H,3,5,8-9H2,(H,21,23). The summed E-state index contributed by atoms with van der Waals surface area (Å²) in [6.07, 6.45) is 2.69. The quantitative estimate of drug-likeness (QED) is 0.694. The molecule has 1 amide bonds. The van der Waals surface area contributed by atoms with E-state index in [0.29, 0.717) is 29.2 Å². The Morgan fingerprint density at radius 1 is 1.35 bits per heavy atom. The van der Waals surface area contributed by atoms with Crippen LogP contribution < -0.4 is 10.6 Å². The predicted molar refractivity (Wildman–Crippen MR) is 86.9 cm³/mol. The Morgan fingerprint density at radius 3 is 3.09 bits per heavy atom. The Bertz CT molecular complexity index is 883. The largest absolute Gasteiger partial charge is 0.352 e. The van der Waals surface area contributed by atoms with Crippen LogP contribution in [0.15, 0.2) is 30.5 Å². The lowest BCUT2D eigenvalue weighted by atomic mass is 10.1. The highest BCUT2D eigenvalue weighted by molar-refractivity contribution is 6.13. The first-order valence-corrected chi connectivity index (χ1v) is 7.77. The zero-order valence-corrected chi connectivity index (χ0v) is 12.5. The Balaban J connectivity index is 1.68. The van der Waals surface area contributed by atoms with Gasteiger partial charge in [-0.3, -0.25) is 4.79 Å². The van der Waals surface area contributed by atoms with Crippen molar-refractivity contribution in [1.29, 1.82) is 0 Å². The number of aromatic nitrogens is 2. The first-order chi connectivity index (χ1) is 11.2. The maximum absolute atomic E-state index is 13.4. The van der Waals surface area contributed by atoms with Gasteiger partial charge in [0.1, 0.15) is 5.82 Å². The first-order valence-electron chi connectivity index (χ1n) is 7.77. The number of amides is 1. The minimum atomic E-state index is -0.309. The third kappa shape index (κ3) is 2.55. The Labute approximate surface area is 132 Å². The molecule has 3 heterocycles. The maximum Gasteiger partial charge on any atom is 0.272 e. The summed E-state index contributed by atoms with van der Waals surface area (Å²) < 4.78 is 13.4. The van der Waals surface area contributed by atoms with E-state index in [1.165, 1.54) is 12.1 Å². The van der Waals surface area contributed by atoms with E-state index in [4.69, 9.17) is 0 Å². The molecule has 3 aromatic rings. The van der Waals surface area contributed by atoms with Crippen LogP contribution in [-0.4, -0.2) is 35.5 Å². The van der Waals surface area contributed by atoms with Gasteiger partial charge in [-0.25, -0.2) is 9.37 Å². The number of carbonyl (C=O) groups excluding carboxylic acids is 1. The van der Waals surface area contributed by atoms with Crippen molar-refractivity contribution in [2.45, 2.75) is 6.42 Å². The van der Waals surface area contributed by atoms with Gasteiger partial charge < -0.3 is 15.6 Å². The first kappa shape index (κ1) is 14.1. The van der Waals surface area contributed by atoms with E-state index in [-0.39, 0.29) is 11.7 Å². The molecule has 0 bridgehead atoms. The van der Waals surface area contributed by atoms with Crippen molar-refractivity contribution in [1.82, 2.24) is 20.6 Å². The summed E-state index contributed by atoms with van der Waals surface area (Å²) in [6.45, 7) is 2.57. The van der Waals surface area contributed by atoms with Crippen LogP contribution in [0.25, 0.3) is 21.8 Å². The van der Waals surface area contributed by atoms with Crippen LogP contribution in [0, 0.1) is 11.7 Å². The summed E-state index contributed by atoms with van der Waals surface area (Å²) in [7, 11) is 0. The molecule has 1 atom stereocenters. The topological polar surface area (TPSA) is 69.8 Å². The molecule has 6 heteroatoms. The lowest BCUT2D eigenvalue weighted by Gasteiger charge is -2.10. The molecule has 2 aromatic heterocycles. The Morgan fingerprint density at radius 2 is 2.26 bits per heavy atom. The molecule has 1 unspecified atom stereocenters. The van der Waals surface area contributed by atoms with E-state index in [2.05, 4.69) is 20.6 Å². The van der Waals surface area contributed by atoms with E-state index in [1.54, 1.807) is 12.3 Å². The normalized spacial score (nSPS) is 17.9. The van der Waals surface area contributed by atoms with Gasteiger partial charge in [0.2, 0.25) is 0 Å². The smallest absolute Gasteiger partial charge is 0.272 e. The van der Waals surface area contributed by atoms with Crippen molar-refractivity contribution < 1.29 is 9.18 Å². The number of carbonyl (C=O) groups is 1. The summed E-state index contributed by atoms with van der Waals surface area (Å²) >= 11 is 0. The molecule has 0 radical (unpaired) electrons. The number of aromatic amines is 1. The SMILES string of the molecule is O=C(NCC1CCNC1)c1nccc2c1[nH]c1cc(F)ccc12. The second kappa shape index (κ2) is 5.62. The zero-order valence-electron chi connectivity index (χ0n) is 12.5. The van der Waals surface area contributed by atoms with Crippen molar-refractivity contribution in [3.05, 3.63) is 42.0 Å². The lowest BCUT2D eigenvalue weighted by Crippen LogP contribution is -2.30. The molecule has 0 aliphatic carbocycles. The fraction of sp³-hybridized carbons (Fsp3) is 0.294. The van der Waals surface area contributed by atoms with E-state index in [1.807, 2.05) is 6.07 Å². The molecule has 0 saturated carbocycles. The molecule has 23 heavy (non-hydrogen) atoms. The molecule has 1 aliphatic heterocycles. The number of nitrogens with one attached hydrogen (secondary N) is 3. The van der Waals surface area contributed by atoms with E-state index < -0.39 is 0 Å². The van der Waals surface area contributed by atoms with E-state index in [9.17, 15) is 9.18 Å². The fourth-order valence-electron chi connectivity index (χ4n) is 3.18. The highest BCUT2D eigenvalue weighted by Crippen LogP contribution is 2.27. The average Bonchev–Trinajstić information content (AvgIpc) is 3.18. The van der Waals surface area contributed by atoms with Crippen molar-refractivity contribution in [3.8, 4) is 0 Å². The summed E-state index contributed by atoms with van der Waals surface area (Å²) in [4.78, 5) is 19.8. The van der Waals surface area contributed by atoms with E-state index in [0.717, 1.165) is 30.3 Å². The van der Waals surface area contributed by atoms with Gasteiger partial charge in [-0.1, -0.05) is 0 Å². The van der Waals surface area contributed by atoms with Crippen LogP contribution in [0.4, 0.5) is 4.39 Å². The minimum Gasteiger partial charge on any atom is -0.352 e. The van der Waals surface area contributed by atoms with E-state index >= 15 is 0 Å². The number of hydrogen-bond donors (Lipinski definition) is 3. The second-order valence-corrected chi connectivity index (χ2v) is 5.97. The van der Waals surface area contributed by atoms with Gasteiger partial charge in [-0.15, -0.1) is 0 Å². The van der Waals surface area contributed by atoms with Gasteiger partial charge in [0.15, 0.2) is 5.69 Å². The van der Waals surface area contributed by atoms with Crippen LogP contribution >= 0.6 is 0 Å². The number of H-pyrrole nitrogens is 1. The van der Waals surface area contributed by atoms with Crippen molar-refractivity contribution in [2.24, 2.45) is 5.92 Å². The molecule has 1 aliphatic rings. The van der Waals surface area contributed by atoms with Gasteiger partial charge >= 0.3 is 0 Å². The zero-order chi connectivity index (χ0) is 15.8. The van der Waals surface area contributed by atoms with Crippen molar-refractivity contribution in [2.75, 3.05) is 19.6 Å². The molecule has 1 aromatic carbocycles. The summed E-state index contributed by atoms with van der Waals surface area (Å²) in [5.74, 6) is -0.0405. The van der Waals surface area contributed by atoms with Gasteiger partial charge in [0.25, 0.3) is 5.91 Å². The monoisotopic (exact) mass is 312 g/mol. The predicted octanol–water partition coefficient (Wildman–Crippen LogP) is 2.19. The summed E-state index contributed by atoms with van der Waals surface area (Å²) in [5, 5.41) is 8.00. The molecule has 4 rings (SSSR count). The molecular formula is C17H17FN4O. The number of fused-ring (bicyclic) bond motifs is 3. The van der Waals surface area contributed by atoms with Gasteiger partial charge in [-0.2, -0.15) is 0 Å². The number of benzene rings is 1. The molecule has 3 N–H and O–H groups in total. The number of halogens is 1. The number of hydrogen-bond acceptors (Lipinski definition) is 3. The molecule has 1 saturated heterocycles. The molecular weight excluding hydrogens is 295 g/mol. The third-order valence-corrected chi connectivity index (χ3v) is 4.41. The highest BCUT2D eigenvalue weighted by atomic mass is 19.1. The van der Waals surface area contributed by atoms with Crippen LogP contribution in [0.2, 0.25) is 0 Å². The summed E-state index contributed by atoms with van der Waals surface area (Å²) in [5.41, 5.74) is 1.67. The average molecular weight is 312 g/mol. The van der Waals surface area contributed by atoms with Gasteiger partial charge in [0.05, 0.1) is 5.52 Å². The number of pyridine rings is 1. The van der Waals surface area contributed by atoms with Gasteiger partial charge in [-0.05, 0) is 49.7 Å². The van der Waals surface area contributed by atoms with Crippen molar-refractivity contribution in [3.63, 3.8) is 0 Å². The van der Waals surface area contributed by atoms with Crippen LogP contribution in [-0.2, 0) is 0 Å². The van der Waals surface area contributed by atoms with Crippen LogP contribution in [0.5, 0.6) is 0 Å². The molecule has 118 valence electrons. The highest BCUT2D eigenvalue weighted by Gasteiger charge is 2.19. The lowest BCUT2D eigenvalue weighted by molar-refractivity contribution is 0.0945. The van der Waals surface area contributed by atoms with Gasteiger partial charge in [0, 0.05) is 29.0 Å². The minimum absolute atomic E-state index is 0.200. The third-order valence-electron chi connectivity index (χ3n) is 4.41. The molecule has 5 nitrogen and oxygen atoms in total. The van der Waals surface area contributed by atoms with Crippen LogP contribution in [0.3, 0.4) is 0 Å². The maximum atomic E-state index is 13.4. The second-order valence-electron chi connectivity index (χ2n) is 5.97.